The van der Waals surface area contributed by atoms with E-state index in [1.54, 1.807) is 6.07 Å². The number of carbonyl (C=O) groups excluding carboxylic acids is 1. The molecule has 0 aliphatic carbocycles. The molecular formula is C12H11BrN2O. The Balaban J connectivity index is 2.54. The summed E-state index contributed by atoms with van der Waals surface area (Å²) in [6.07, 6.45) is 0.771. The van der Waals surface area contributed by atoms with E-state index in [0.29, 0.717) is 5.69 Å². The summed E-state index contributed by atoms with van der Waals surface area (Å²) >= 11 is 3.43. The second kappa shape index (κ2) is 4.61. The molecule has 1 aromatic carbocycles. The van der Waals surface area contributed by atoms with Crippen LogP contribution in [-0.2, 0) is 6.54 Å². The van der Waals surface area contributed by atoms with Gasteiger partial charge in [-0.2, -0.15) is 5.10 Å². The van der Waals surface area contributed by atoms with Crippen LogP contribution in [0.1, 0.15) is 17.4 Å². The number of halogens is 1. The zero-order valence-corrected chi connectivity index (χ0v) is 10.4. The van der Waals surface area contributed by atoms with E-state index in [0.717, 1.165) is 28.6 Å². The van der Waals surface area contributed by atoms with Gasteiger partial charge < -0.3 is 0 Å². The third-order valence-electron chi connectivity index (χ3n) is 2.34. The summed E-state index contributed by atoms with van der Waals surface area (Å²) in [5, 5.41) is 4.19. The highest BCUT2D eigenvalue weighted by Gasteiger charge is 2.08. The van der Waals surface area contributed by atoms with Crippen LogP contribution < -0.4 is 0 Å². The fourth-order valence-electron chi connectivity index (χ4n) is 1.62. The van der Waals surface area contributed by atoms with Crippen molar-refractivity contribution in [2.24, 2.45) is 0 Å². The molecule has 0 aliphatic heterocycles. The Morgan fingerprint density at radius 2 is 2.25 bits per heavy atom. The third-order valence-corrected chi connectivity index (χ3v) is 2.83. The van der Waals surface area contributed by atoms with Crippen molar-refractivity contribution in [3.05, 3.63) is 40.5 Å². The maximum atomic E-state index is 10.7. The van der Waals surface area contributed by atoms with Crippen LogP contribution in [-0.4, -0.2) is 16.1 Å². The largest absolute Gasteiger partial charge is 0.296 e. The molecule has 0 amide bonds. The Labute approximate surface area is 102 Å². The van der Waals surface area contributed by atoms with E-state index in [-0.39, 0.29) is 0 Å². The summed E-state index contributed by atoms with van der Waals surface area (Å²) in [7, 11) is 0. The van der Waals surface area contributed by atoms with Crippen LogP contribution in [0.15, 0.2) is 34.8 Å². The zero-order valence-electron chi connectivity index (χ0n) is 8.85. The molecule has 0 aliphatic rings. The van der Waals surface area contributed by atoms with E-state index in [4.69, 9.17) is 0 Å². The lowest BCUT2D eigenvalue weighted by Gasteiger charge is -2.04. The van der Waals surface area contributed by atoms with E-state index in [9.17, 15) is 4.79 Å². The molecule has 0 radical (unpaired) electrons. The predicted octanol–water partition coefficient (Wildman–Crippen LogP) is 3.15. The number of carbonyl (C=O) groups is 1. The molecule has 0 unspecified atom stereocenters. The van der Waals surface area contributed by atoms with Gasteiger partial charge in [-0.25, -0.2) is 0 Å². The highest BCUT2D eigenvalue weighted by Crippen LogP contribution is 2.23. The maximum absolute atomic E-state index is 10.7. The normalized spacial score (nSPS) is 10.4. The highest BCUT2D eigenvalue weighted by molar-refractivity contribution is 9.10. The van der Waals surface area contributed by atoms with Crippen LogP contribution in [0.4, 0.5) is 0 Å². The van der Waals surface area contributed by atoms with Crippen LogP contribution in [0, 0.1) is 0 Å². The van der Waals surface area contributed by atoms with Gasteiger partial charge in [0.1, 0.15) is 5.69 Å². The molecule has 0 fully saturated rings. The molecule has 16 heavy (non-hydrogen) atoms. The molecular weight excluding hydrogens is 268 g/mol. The number of rotatable bonds is 3. The van der Waals surface area contributed by atoms with Crippen LogP contribution in [0.2, 0.25) is 0 Å². The molecule has 3 nitrogen and oxygen atoms in total. The van der Waals surface area contributed by atoms with E-state index in [2.05, 4.69) is 21.0 Å². The van der Waals surface area contributed by atoms with Crippen LogP contribution in [0.25, 0.3) is 11.3 Å². The summed E-state index contributed by atoms with van der Waals surface area (Å²) in [6, 6.07) is 9.75. The molecule has 82 valence electrons. The second-order valence-corrected chi connectivity index (χ2v) is 4.31. The van der Waals surface area contributed by atoms with Gasteiger partial charge >= 0.3 is 0 Å². The lowest BCUT2D eigenvalue weighted by molar-refractivity contribution is 0.111. The van der Waals surface area contributed by atoms with Crippen molar-refractivity contribution in [2.75, 3.05) is 0 Å². The molecule has 0 bridgehead atoms. The number of nitrogens with zero attached hydrogens (tertiary/aromatic N) is 2. The number of aromatic nitrogens is 2. The monoisotopic (exact) mass is 278 g/mol. The van der Waals surface area contributed by atoms with Gasteiger partial charge in [0.15, 0.2) is 6.29 Å². The summed E-state index contributed by atoms with van der Waals surface area (Å²) in [5.74, 6) is 0. The fourth-order valence-corrected chi connectivity index (χ4v) is 2.01. The molecule has 1 heterocycles. The van der Waals surface area contributed by atoms with Gasteiger partial charge in [0.2, 0.25) is 0 Å². The standard InChI is InChI=1S/C12H11BrN2O/c1-2-15-12(7-11(8-16)14-15)9-4-3-5-10(13)6-9/h3-8H,2H2,1H3. The number of aldehydes is 1. The minimum Gasteiger partial charge on any atom is -0.296 e. The number of benzene rings is 1. The molecule has 2 rings (SSSR count). The van der Waals surface area contributed by atoms with E-state index < -0.39 is 0 Å². The molecule has 4 heteroatoms. The molecule has 1 aromatic heterocycles. The van der Waals surface area contributed by atoms with Crippen LogP contribution in [0.3, 0.4) is 0 Å². The van der Waals surface area contributed by atoms with Crippen molar-refractivity contribution in [3.8, 4) is 11.3 Å². The number of hydrogen-bond acceptors (Lipinski definition) is 2. The lowest BCUT2D eigenvalue weighted by atomic mass is 10.1. The first-order valence-corrected chi connectivity index (χ1v) is 5.83. The first kappa shape index (κ1) is 11.1. The van der Waals surface area contributed by atoms with Crippen molar-refractivity contribution < 1.29 is 4.79 Å². The summed E-state index contributed by atoms with van der Waals surface area (Å²) < 4.78 is 2.84. The van der Waals surface area contributed by atoms with Crippen molar-refractivity contribution in [1.82, 2.24) is 9.78 Å². The lowest BCUT2D eigenvalue weighted by Crippen LogP contribution is -1.99. The van der Waals surface area contributed by atoms with E-state index >= 15 is 0 Å². The molecule has 0 saturated carbocycles. The summed E-state index contributed by atoms with van der Waals surface area (Å²) in [4.78, 5) is 10.7. The number of hydrogen-bond donors (Lipinski definition) is 0. The molecule has 0 atom stereocenters. The van der Waals surface area contributed by atoms with E-state index in [1.807, 2.05) is 35.9 Å². The molecule has 0 saturated heterocycles. The topological polar surface area (TPSA) is 34.9 Å². The second-order valence-electron chi connectivity index (χ2n) is 3.40. The van der Waals surface area contributed by atoms with Gasteiger partial charge in [0, 0.05) is 16.6 Å². The first-order valence-electron chi connectivity index (χ1n) is 5.03. The maximum Gasteiger partial charge on any atom is 0.170 e. The Morgan fingerprint density at radius 3 is 2.88 bits per heavy atom. The van der Waals surface area contributed by atoms with Gasteiger partial charge in [0.05, 0.1) is 5.69 Å². The van der Waals surface area contributed by atoms with Crippen LogP contribution in [0.5, 0.6) is 0 Å². The van der Waals surface area contributed by atoms with Gasteiger partial charge in [0.25, 0.3) is 0 Å². The number of aryl methyl sites for hydroxylation is 1. The van der Waals surface area contributed by atoms with Gasteiger partial charge in [-0.3, -0.25) is 9.48 Å². The highest BCUT2D eigenvalue weighted by atomic mass is 79.9. The molecule has 0 N–H and O–H groups in total. The quantitative estimate of drug-likeness (QED) is 0.809. The van der Waals surface area contributed by atoms with Gasteiger partial charge in [-0.05, 0) is 25.1 Å². The van der Waals surface area contributed by atoms with Crippen LogP contribution >= 0.6 is 15.9 Å². The predicted molar refractivity (Wildman–Crippen MR) is 66.4 cm³/mol. The average Bonchev–Trinajstić information content (AvgIpc) is 2.72. The minimum atomic E-state index is 0.469. The minimum absolute atomic E-state index is 0.469. The van der Waals surface area contributed by atoms with Crippen molar-refractivity contribution in [2.45, 2.75) is 13.5 Å². The van der Waals surface area contributed by atoms with Crippen molar-refractivity contribution in [1.29, 1.82) is 0 Å². The third kappa shape index (κ3) is 2.07. The van der Waals surface area contributed by atoms with Gasteiger partial charge in [-0.15, -0.1) is 0 Å². The Morgan fingerprint density at radius 1 is 1.44 bits per heavy atom. The Bertz CT molecular complexity index is 519. The summed E-state index contributed by atoms with van der Waals surface area (Å²) in [6.45, 7) is 2.75. The first-order chi connectivity index (χ1) is 7.74. The SMILES string of the molecule is CCn1nc(C=O)cc1-c1cccc(Br)c1. The molecule has 2 aromatic rings. The average molecular weight is 279 g/mol. The van der Waals surface area contributed by atoms with E-state index in [1.165, 1.54) is 0 Å². The molecule has 0 spiro atoms. The summed E-state index contributed by atoms with van der Waals surface area (Å²) in [5.41, 5.74) is 2.49. The van der Waals surface area contributed by atoms with Crippen molar-refractivity contribution in [3.63, 3.8) is 0 Å². The Hall–Kier alpha value is -1.42. The van der Waals surface area contributed by atoms with Crippen molar-refractivity contribution >= 4 is 22.2 Å². The smallest absolute Gasteiger partial charge is 0.170 e. The Kier molecular flexibility index (Phi) is 3.19. The zero-order chi connectivity index (χ0) is 11.5. The fraction of sp³-hybridized carbons (Fsp3) is 0.167. The van der Waals surface area contributed by atoms with Gasteiger partial charge in [-0.1, -0.05) is 28.1 Å².